The number of hydrogen-bond donors (Lipinski definition) is 3. The van der Waals surface area contributed by atoms with Crippen LogP contribution in [0.3, 0.4) is 0 Å². The van der Waals surface area contributed by atoms with Gasteiger partial charge >= 0.3 is 0 Å². The molecule has 5 nitrogen and oxygen atoms in total. The van der Waals surface area contributed by atoms with Crippen LogP contribution >= 0.6 is 11.8 Å². The van der Waals surface area contributed by atoms with Gasteiger partial charge in [0.05, 0.1) is 0 Å². The molecule has 28 heavy (non-hydrogen) atoms. The van der Waals surface area contributed by atoms with Gasteiger partial charge in [-0.2, -0.15) is 11.8 Å². The summed E-state index contributed by atoms with van der Waals surface area (Å²) in [7, 11) is 1.68. The molecule has 0 spiro atoms. The highest BCUT2D eigenvalue weighted by molar-refractivity contribution is 7.97. The number of rotatable bonds is 9. The van der Waals surface area contributed by atoms with Crippen molar-refractivity contribution < 1.29 is 9.18 Å². The van der Waals surface area contributed by atoms with Gasteiger partial charge in [0, 0.05) is 38.9 Å². The van der Waals surface area contributed by atoms with Gasteiger partial charge in [-0.15, -0.1) is 0 Å². The molecule has 0 bridgehead atoms. The summed E-state index contributed by atoms with van der Waals surface area (Å²) in [6.45, 7) is 1.53. The summed E-state index contributed by atoms with van der Waals surface area (Å²) in [4.78, 5) is 16.1. The van der Waals surface area contributed by atoms with Crippen LogP contribution in [0.25, 0.3) is 0 Å². The molecule has 0 radical (unpaired) electrons. The Labute approximate surface area is 170 Å². The molecule has 0 aliphatic rings. The SMILES string of the molecule is CN=C(NCCC(=O)NCc1ccccc1)NCc1ccc(F)cc1CSC. The van der Waals surface area contributed by atoms with Gasteiger partial charge in [-0.05, 0) is 35.1 Å². The highest BCUT2D eigenvalue weighted by Gasteiger charge is 2.06. The summed E-state index contributed by atoms with van der Waals surface area (Å²) in [5.74, 6) is 1.11. The van der Waals surface area contributed by atoms with Crippen molar-refractivity contribution in [3.8, 4) is 0 Å². The first kappa shape index (κ1) is 21.8. The third kappa shape index (κ3) is 7.60. The number of nitrogens with zero attached hydrogens (tertiary/aromatic N) is 1. The maximum Gasteiger partial charge on any atom is 0.222 e. The molecule has 2 aromatic carbocycles. The number of hydrogen-bond acceptors (Lipinski definition) is 3. The highest BCUT2D eigenvalue weighted by atomic mass is 32.2. The Kier molecular flexibility index (Phi) is 9.34. The predicted octanol–water partition coefficient (Wildman–Crippen LogP) is 3.06. The van der Waals surface area contributed by atoms with E-state index in [-0.39, 0.29) is 11.7 Å². The molecule has 1 amide bonds. The summed E-state index contributed by atoms with van der Waals surface area (Å²) >= 11 is 1.65. The fourth-order valence-corrected chi connectivity index (χ4v) is 3.22. The van der Waals surface area contributed by atoms with E-state index >= 15 is 0 Å². The average molecular weight is 403 g/mol. The van der Waals surface area contributed by atoms with E-state index in [4.69, 9.17) is 0 Å². The molecule has 0 unspecified atom stereocenters. The van der Waals surface area contributed by atoms with Crippen molar-refractivity contribution in [1.29, 1.82) is 0 Å². The van der Waals surface area contributed by atoms with E-state index < -0.39 is 0 Å². The number of guanidine groups is 1. The third-order valence-electron chi connectivity index (χ3n) is 4.12. The Morgan fingerprint density at radius 2 is 1.82 bits per heavy atom. The van der Waals surface area contributed by atoms with Gasteiger partial charge in [0.1, 0.15) is 5.82 Å². The monoisotopic (exact) mass is 402 g/mol. The minimum atomic E-state index is -0.225. The van der Waals surface area contributed by atoms with Gasteiger partial charge in [0.2, 0.25) is 5.91 Å². The first-order valence-electron chi connectivity index (χ1n) is 9.13. The minimum absolute atomic E-state index is 0.0207. The average Bonchev–Trinajstić information content (AvgIpc) is 2.71. The molecule has 0 saturated carbocycles. The maximum atomic E-state index is 13.4. The number of carbonyl (C=O) groups excluding carboxylic acids is 1. The summed E-state index contributed by atoms with van der Waals surface area (Å²) in [6, 6.07) is 14.6. The maximum absolute atomic E-state index is 13.4. The lowest BCUT2D eigenvalue weighted by molar-refractivity contribution is -0.121. The molecule has 0 aliphatic carbocycles. The van der Waals surface area contributed by atoms with Crippen molar-refractivity contribution in [1.82, 2.24) is 16.0 Å². The van der Waals surface area contributed by atoms with E-state index in [1.165, 1.54) is 6.07 Å². The second-order valence-electron chi connectivity index (χ2n) is 6.21. The lowest BCUT2D eigenvalue weighted by Crippen LogP contribution is -2.39. The van der Waals surface area contributed by atoms with Crippen molar-refractivity contribution in [2.45, 2.75) is 25.3 Å². The van der Waals surface area contributed by atoms with Gasteiger partial charge < -0.3 is 16.0 Å². The van der Waals surface area contributed by atoms with E-state index in [0.717, 1.165) is 22.4 Å². The molecular formula is C21H27FN4OS. The number of halogens is 1. The molecule has 7 heteroatoms. The Morgan fingerprint density at radius 1 is 1.04 bits per heavy atom. The van der Waals surface area contributed by atoms with Gasteiger partial charge in [-0.25, -0.2) is 4.39 Å². The van der Waals surface area contributed by atoms with Crippen LogP contribution in [0.1, 0.15) is 23.1 Å². The zero-order valence-electron chi connectivity index (χ0n) is 16.3. The Hall–Kier alpha value is -2.54. The Bertz CT molecular complexity index is 783. The van der Waals surface area contributed by atoms with Gasteiger partial charge in [0.15, 0.2) is 5.96 Å². The molecule has 0 fully saturated rings. The second kappa shape index (κ2) is 12.0. The summed E-state index contributed by atoms with van der Waals surface area (Å²) in [5, 5.41) is 9.24. The van der Waals surface area contributed by atoms with Crippen LogP contribution in [0, 0.1) is 5.82 Å². The number of benzene rings is 2. The number of nitrogens with one attached hydrogen (secondary N) is 3. The second-order valence-corrected chi connectivity index (χ2v) is 7.08. The summed E-state index contributed by atoms with van der Waals surface area (Å²) < 4.78 is 13.4. The van der Waals surface area contributed by atoms with E-state index in [1.54, 1.807) is 30.9 Å². The molecule has 150 valence electrons. The predicted molar refractivity (Wildman–Crippen MR) is 115 cm³/mol. The van der Waals surface area contributed by atoms with E-state index in [2.05, 4.69) is 20.9 Å². The molecule has 2 rings (SSSR count). The summed E-state index contributed by atoms with van der Waals surface area (Å²) in [6.07, 6.45) is 2.34. The van der Waals surface area contributed by atoms with Crippen LogP contribution in [0.15, 0.2) is 53.5 Å². The van der Waals surface area contributed by atoms with Gasteiger partial charge in [-0.1, -0.05) is 36.4 Å². The van der Waals surface area contributed by atoms with Gasteiger partial charge in [0.25, 0.3) is 0 Å². The van der Waals surface area contributed by atoms with E-state index in [0.29, 0.717) is 32.0 Å². The van der Waals surface area contributed by atoms with Crippen LogP contribution in [0.5, 0.6) is 0 Å². The fraction of sp³-hybridized carbons (Fsp3) is 0.333. The molecule has 0 saturated heterocycles. The lowest BCUT2D eigenvalue weighted by Gasteiger charge is -2.14. The normalized spacial score (nSPS) is 11.2. The zero-order chi connectivity index (χ0) is 20.2. The molecular weight excluding hydrogens is 375 g/mol. The summed E-state index contributed by atoms with van der Waals surface area (Å²) in [5.41, 5.74) is 3.07. The first-order valence-corrected chi connectivity index (χ1v) is 10.5. The lowest BCUT2D eigenvalue weighted by atomic mass is 10.1. The molecule has 0 aromatic heterocycles. The fourth-order valence-electron chi connectivity index (χ4n) is 2.64. The molecule has 0 atom stereocenters. The van der Waals surface area contributed by atoms with Crippen LogP contribution in [-0.2, 0) is 23.6 Å². The van der Waals surface area contributed by atoms with E-state index in [1.807, 2.05) is 36.6 Å². The number of aliphatic imine (C=N–C) groups is 1. The zero-order valence-corrected chi connectivity index (χ0v) is 17.1. The number of carbonyl (C=O) groups is 1. The molecule has 3 N–H and O–H groups in total. The Morgan fingerprint density at radius 3 is 2.54 bits per heavy atom. The minimum Gasteiger partial charge on any atom is -0.356 e. The van der Waals surface area contributed by atoms with Crippen molar-refractivity contribution >= 4 is 23.6 Å². The highest BCUT2D eigenvalue weighted by Crippen LogP contribution is 2.16. The van der Waals surface area contributed by atoms with Crippen LogP contribution in [0.4, 0.5) is 4.39 Å². The van der Waals surface area contributed by atoms with E-state index in [9.17, 15) is 9.18 Å². The first-order chi connectivity index (χ1) is 13.6. The van der Waals surface area contributed by atoms with Crippen molar-refractivity contribution in [2.24, 2.45) is 4.99 Å². The molecule has 0 aliphatic heterocycles. The topological polar surface area (TPSA) is 65.5 Å². The van der Waals surface area contributed by atoms with Crippen molar-refractivity contribution in [3.05, 3.63) is 71.0 Å². The van der Waals surface area contributed by atoms with Crippen molar-refractivity contribution in [2.75, 3.05) is 19.8 Å². The smallest absolute Gasteiger partial charge is 0.222 e. The standard InChI is InChI=1S/C21H27FN4OS/c1-23-21(26-14-17-8-9-19(22)12-18(17)15-28-2)24-11-10-20(27)25-13-16-6-4-3-5-7-16/h3-9,12H,10-11,13-15H2,1-2H3,(H,25,27)(H2,23,24,26). The molecule has 0 heterocycles. The van der Waals surface area contributed by atoms with Crippen LogP contribution in [-0.4, -0.2) is 31.7 Å². The van der Waals surface area contributed by atoms with Crippen LogP contribution < -0.4 is 16.0 Å². The largest absolute Gasteiger partial charge is 0.356 e. The number of thioether (sulfide) groups is 1. The van der Waals surface area contributed by atoms with Gasteiger partial charge in [-0.3, -0.25) is 9.79 Å². The molecule has 2 aromatic rings. The van der Waals surface area contributed by atoms with Crippen molar-refractivity contribution in [3.63, 3.8) is 0 Å². The number of amides is 1. The van der Waals surface area contributed by atoms with Crippen LogP contribution in [0.2, 0.25) is 0 Å². The Balaban J connectivity index is 1.73. The quantitative estimate of drug-likeness (QED) is 0.446. The third-order valence-corrected chi connectivity index (χ3v) is 4.71.